The highest BCUT2D eigenvalue weighted by Crippen LogP contribution is 2.22. The van der Waals surface area contributed by atoms with Crippen molar-refractivity contribution in [2.75, 3.05) is 6.61 Å². The minimum absolute atomic E-state index is 0.100. The summed E-state index contributed by atoms with van der Waals surface area (Å²) < 4.78 is 18.3. The second-order valence-corrected chi connectivity index (χ2v) is 2.82. The van der Waals surface area contributed by atoms with Crippen molar-refractivity contribution in [3.05, 3.63) is 29.1 Å². The van der Waals surface area contributed by atoms with E-state index < -0.39 is 11.8 Å². The normalized spacial score (nSPS) is 8.39. The monoisotopic (exact) mass is 258 g/mol. The van der Waals surface area contributed by atoms with Gasteiger partial charge in [0.15, 0.2) is 0 Å². The molecule has 0 bridgehead atoms. The van der Waals surface area contributed by atoms with Gasteiger partial charge in [-0.3, -0.25) is 0 Å². The van der Waals surface area contributed by atoms with Crippen LogP contribution in [0.4, 0.5) is 4.39 Å². The average molecular weight is 258 g/mol. The molecule has 1 aromatic rings. The molecule has 104 valence electrons. The first kappa shape index (κ1) is 18.8. The molecule has 1 aromatic carbocycles. The van der Waals surface area contributed by atoms with Crippen LogP contribution in [0.3, 0.4) is 0 Å². The van der Waals surface area contributed by atoms with E-state index in [0.717, 1.165) is 6.07 Å². The fourth-order valence-corrected chi connectivity index (χ4v) is 1.08. The number of hydrogen-bond donors (Lipinski definition) is 1. The molecule has 0 amide bonds. The van der Waals surface area contributed by atoms with Crippen molar-refractivity contribution in [2.24, 2.45) is 0 Å². The van der Waals surface area contributed by atoms with Crippen LogP contribution in [-0.2, 0) is 0 Å². The number of aromatic carboxylic acids is 1. The lowest BCUT2D eigenvalue weighted by molar-refractivity contribution is 0.0695. The molecule has 0 heterocycles. The van der Waals surface area contributed by atoms with E-state index in [2.05, 4.69) is 0 Å². The summed E-state index contributed by atoms with van der Waals surface area (Å²) in [5, 5.41) is 8.67. The van der Waals surface area contributed by atoms with Crippen molar-refractivity contribution in [2.45, 2.75) is 41.5 Å². The summed E-state index contributed by atoms with van der Waals surface area (Å²) in [6.07, 6.45) is 0. The van der Waals surface area contributed by atoms with Crippen molar-refractivity contribution in [1.82, 2.24) is 0 Å². The van der Waals surface area contributed by atoms with Crippen molar-refractivity contribution in [1.29, 1.82) is 0 Å². The van der Waals surface area contributed by atoms with E-state index in [1.807, 2.05) is 27.7 Å². The van der Waals surface area contributed by atoms with Crippen molar-refractivity contribution >= 4 is 5.97 Å². The molecule has 3 nitrogen and oxygen atoms in total. The van der Waals surface area contributed by atoms with Gasteiger partial charge in [-0.2, -0.15) is 0 Å². The van der Waals surface area contributed by atoms with E-state index in [4.69, 9.17) is 9.84 Å². The van der Waals surface area contributed by atoms with Gasteiger partial charge in [0.05, 0.1) is 12.2 Å². The molecule has 1 N–H and O–H groups in total. The Bertz CT molecular complexity index is 362. The second kappa shape index (κ2) is 10.6. The standard InChI is InChI=1S/C10H11FO3.2C2H6/c1-3-14-9-5-7(10(12)13)4-8(11)6(9)2;2*1-2/h4-5H,3H2,1-2H3,(H,12,13);2*1-2H3. The third kappa shape index (κ3) is 5.66. The zero-order valence-electron chi connectivity index (χ0n) is 12.0. The van der Waals surface area contributed by atoms with Crippen molar-refractivity contribution in [3.63, 3.8) is 0 Å². The van der Waals surface area contributed by atoms with Gasteiger partial charge in [0, 0.05) is 5.56 Å². The van der Waals surface area contributed by atoms with E-state index in [9.17, 15) is 9.18 Å². The highest BCUT2D eigenvalue weighted by atomic mass is 19.1. The number of halogens is 1. The minimum atomic E-state index is -1.16. The summed E-state index contributed by atoms with van der Waals surface area (Å²) in [5.74, 6) is -1.44. The predicted octanol–water partition coefficient (Wildman–Crippen LogP) is 4.28. The molecule has 0 unspecified atom stereocenters. The van der Waals surface area contributed by atoms with Gasteiger partial charge < -0.3 is 9.84 Å². The van der Waals surface area contributed by atoms with E-state index in [1.54, 1.807) is 13.8 Å². The number of carboxylic acid groups (broad SMARTS) is 1. The molecule has 0 aromatic heterocycles. The van der Waals surface area contributed by atoms with Gasteiger partial charge in [0.2, 0.25) is 0 Å². The van der Waals surface area contributed by atoms with Gasteiger partial charge in [0.1, 0.15) is 11.6 Å². The summed E-state index contributed by atoms with van der Waals surface area (Å²) in [6.45, 7) is 11.7. The Balaban J connectivity index is 0. The number of benzene rings is 1. The molecule has 18 heavy (non-hydrogen) atoms. The molecular weight excluding hydrogens is 235 g/mol. The van der Waals surface area contributed by atoms with Gasteiger partial charge in [-0.25, -0.2) is 9.18 Å². The van der Waals surface area contributed by atoms with E-state index in [0.29, 0.717) is 12.2 Å². The zero-order valence-corrected chi connectivity index (χ0v) is 12.0. The maximum Gasteiger partial charge on any atom is 0.335 e. The number of carbonyl (C=O) groups is 1. The minimum Gasteiger partial charge on any atom is -0.493 e. The largest absolute Gasteiger partial charge is 0.493 e. The molecule has 0 saturated heterocycles. The highest BCUT2D eigenvalue weighted by Gasteiger charge is 2.11. The third-order valence-corrected chi connectivity index (χ3v) is 1.84. The molecule has 0 atom stereocenters. The Morgan fingerprint density at radius 1 is 1.28 bits per heavy atom. The van der Waals surface area contributed by atoms with E-state index >= 15 is 0 Å². The van der Waals surface area contributed by atoms with Gasteiger partial charge in [-0.05, 0) is 26.0 Å². The van der Waals surface area contributed by atoms with Crippen molar-refractivity contribution < 1.29 is 19.0 Å². The maximum atomic E-state index is 13.2. The van der Waals surface area contributed by atoms with Crippen LogP contribution < -0.4 is 4.74 Å². The van der Waals surface area contributed by atoms with Crippen LogP contribution in [0.25, 0.3) is 0 Å². The lowest BCUT2D eigenvalue weighted by atomic mass is 10.1. The van der Waals surface area contributed by atoms with Crippen LogP contribution in [0.1, 0.15) is 50.5 Å². The Labute approximate surface area is 109 Å². The number of rotatable bonds is 3. The highest BCUT2D eigenvalue weighted by molar-refractivity contribution is 5.88. The lowest BCUT2D eigenvalue weighted by Crippen LogP contribution is -2.02. The fourth-order valence-electron chi connectivity index (χ4n) is 1.08. The Kier molecular flexibility index (Phi) is 11.0. The van der Waals surface area contributed by atoms with Crippen LogP contribution in [0.15, 0.2) is 12.1 Å². The molecule has 0 radical (unpaired) electrons. The molecule has 0 fully saturated rings. The fraction of sp³-hybridized carbons (Fsp3) is 0.500. The number of hydrogen-bond acceptors (Lipinski definition) is 2. The summed E-state index contributed by atoms with van der Waals surface area (Å²) in [4.78, 5) is 10.6. The smallest absolute Gasteiger partial charge is 0.335 e. The molecule has 0 spiro atoms. The third-order valence-electron chi connectivity index (χ3n) is 1.84. The predicted molar refractivity (Wildman–Crippen MR) is 72.0 cm³/mol. The van der Waals surface area contributed by atoms with Gasteiger partial charge in [-0.1, -0.05) is 27.7 Å². The van der Waals surface area contributed by atoms with Crippen LogP contribution in [0.5, 0.6) is 5.75 Å². The topological polar surface area (TPSA) is 46.5 Å². The number of carboxylic acids is 1. The Hall–Kier alpha value is -1.58. The molecule has 4 heteroatoms. The summed E-state index contributed by atoms with van der Waals surface area (Å²) in [5.41, 5.74) is 0.230. The first-order chi connectivity index (χ1) is 8.56. The first-order valence-electron chi connectivity index (χ1n) is 6.22. The van der Waals surface area contributed by atoms with E-state index in [-0.39, 0.29) is 11.3 Å². The molecular formula is C14H23FO3. The molecule has 0 saturated carbocycles. The van der Waals surface area contributed by atoms with Gasteiger partial charge >= 0.3 is 5.97 Å². The second-order valence-electron chi connectivity index (χ2n) is 2.82. The van der Waals surface area contributed by atoms with Crippen LogP contribution >= 0.6 is 0 Å². The quantitative estimate of drug-likeness (QED) is 0.880. The van der Waals surface area contributed by atoms with Crippen LogP contribution in [-0.4, -0.2) is 17.7 Å². The van der Waals surface area contributed by atoms with Crippen LogP contribution in [0, 0.1) is 12.7 Å². The molecule has 0 aliphatic carbocycles. The van der Waals surface area contributed by atoms with Gasteiger partial charge in [0.25, 0.3) is 0 Å². The molecule has 1 rings (SSSR count). The Morgan fingerprint density at radius 2 is 1.78 bits per heavy atom. The number of ether oxygens (including phenoxy) is 1. The SMILES string of the molecule is CC.CC.CCOc1cc(C(=O)O)cc(F)c1C. The van der Waals surface area contributed by atoms with Crippen LogP contribution in [0.2, 0.25) is 0 Å². The van der Waals surface area contributed by atoms with E-state index in [1.165, 1.54) is 6.07 Å². The maximum absolute atomic E-state index is 13.2. The average Bonchev–Trinajstić information content (AvgIpc) is 2.39. The zero-order chi connectivity index (χ0) is 14.7. The first-order valence-corrected chi connectivity index (χ1v) is 6.22. The van der Waals surface area contributed by atoms with Crippen molar-refractivity contribution in [3.8, 4) is 5.75 Å². The summed E-state index contributed by atoms with van der Waals surface area (Å²) in [6, 6.07) is 2.31. The van der Waals surface area contributed by atoms with Gasteiger partial charge in [-0.15, -0.1) is 0 Å². The summed E-state index contributed by atoms with van der Waals surface area (Å²) >= 11 is 0. The molecule has 0 aliphatic rings. The Morgan fingerprint density at radius 3 is 2.17 bits per heavy atom. The lowest BCUT2D eigenvalue weighted by Gasteiger charge is -2.08. The summed E-state index contributed by atoms with van der Waals surface area (Å²) in [7, 11) is 0. The molecule has 0 aliphatic heterocycles.